The molecule has 218 valence electrons. The standard InChI is InChI=1S/C43H25N3O/c1-2-7-26(8-3-1)28-13-20-32(21-14-28)41-44-42(34-22-15-27-9-4-5-10-33(27)25-34)46-43(45-41)35-24-23-31-19-18-30-17-16-29-11-6-12-36-37(29)38(30)39(31)40(35)47-36/h1-25H. The summed E-state index contributed by atoms with van der Waals surface area (Å²) in [6.07, 6.45) is 0. The molecule has 8 aromatic carbocycles. The van der Waals surface area contributed by atoms with Crippen LogP contribution in [0, 0.1) is 0 Å². The summed E-state index contributed by atoms with van der Waals surface area (Å²) in [6, 6.07) is 52.7. The van der Waals surface area contributed by atoms with Crippen molar-refractivity contribution in [1.29, 1.82) is 0 Å². The number of ether oxygens (including phenoxy) is 1. The minimum absolute atomic E-state index is 0.575. The lowest BCUT2D eigenvalue weighted by molar-refractivity contribution is 0.494. The molecule has 0 spiro atoms. The van der Waals surface area contributed by atoms with Gasteiger partial charge >= 0.3 is 0 Å². The molecule has 9 aromatic rings. The van der Waals surface area contributed by atoms with Crippen LogP contribution in [0.5, 0.6) is 11.5 Å². The first kappa shape index (κ1) is 25.9. The molecule has 4 heteroatoms. The first-order valence-electron chi connectivity index (χ1n) is 15.8. The molecule has 0 fully saturated rings. The Morgan fingerprint density at radius 1 is 0.340 bits per heavy atom. The summed E-state index contributed by atoms with van der Waals surface area (Å²) in [5.74, 6) is 3.43. The Morgan fingerprint density at radius 2 is 0.894 bits per heavy atom. The zero-order chi connectivity index (χ0) is 30.9. The van der Waals surface area contributed by atoms with E-state index in [-0.39, 0.29) is 0 Å². The Kier molecular flexibility index (Phi) is 5.54. The Morgan fingerprint density at radius 3 is 1.70 bits per heavy atom. The zero-order valence-electron chi connectivity index (χ0n) is 25.2. The van der Waals surface area contributed by atoms with Gasteiger partial charge < -0.3 is 4.74 Å². The average Bonchev–Trinajstić information content (AvgIpc) is 3.15. The number of nitrogens with zero attached hydrogens (tertiary/aromatic N) is 3. The number of aromatic nitrogens is 3. The molecule has 10 rings (SSSR count). The highest BCUT2D eigenvalue weighted by molar-refractivity contribution is 6.26. The van der Waals surface area contributed by atoms with E-state index < -0.39 is 0 Å². The van der Waals surface area contributed by atoms with Gasteiger partial charge in [0.1, 0.15) is 11.5 Å². The van der Waals surface area contributed by atoms with Crippen LogP contribution in [-0.2, 0) is 0 Å². The highest BCUT2D eigenvalue weighted by Crippen LogP contribution is 2.50. The quantitative estimate of drug-likeness (QED) is 0.189. The molecule has 1 aromatic heterocycles. The SMILES string of the molecule is c1ccc(-c2ccc(-c3nc(-c4ccc5ccccc5c4)nc(-c4ccc5ccc6ccc7cccc8c7c6c5c4O8)n3)cc2)cc1. The van der Waals surface area contributed by atoms with Crippen molar-refractivity contribution >= 4 is 43.1 Å². The fraction of sp³-hybridized carbons (Fsp3) is 0. The summed E-state index contributed by atoms with van der Waals surface area (Å²) in [6.45, 7) is 0. The van der Waals surface area contributed by atoms with Crippen LogP contribution in [0.15, 0.2) is 152 Å². The maximum absolute atomic E-state index is 6.78. The van der Waals surface area contributed by atoms with Gasteiger partial charge in [-0.1, -0.05) is 133 Å². The molecule has 1 aliphatic rings. The minimum atomic E-state index is 0.575. The first-order chi connectivity index (χ1) is 23.3. The van der Waals surface area contributed by atoms with Crippen molar-refractivity contribution < 1.29 is 4.74 Å². The van der Waals surface area contributed by atoms with Crippen LogP contribution in [0.25, 0.3) is 88.4 Å². The summed E-state index contributed by atoms with van der Waals surface area (Å²) in [5, 5.41) is 9.23. The highest BCUT2D eigenvalue weighted by Gasteiger charge is 2.24. The van der Waals surface area contributed by atoms with Gasteiger partial charge in [0.05, 0.1) is 5.56 Å². The van der Waals surface area contributed by atoms with E-state index in [1.807, 2.05) is 12.1 Å². The van der Waals surface area contributed by atoms with Gasteiger partial charge in [0, 0.05) is 27.3 Å². The molecular weight excluding hydrogens is 574 g/mol. The average molecular weight is 600 g/mol. The van der Waals surface area contributed by atoms with Gasteiger partial charge in [-0.25, -0.2) is 15.0 Å². The minimum Gasteiger partial charge on any atom is -0.455 e. The smallest absolute Gasteiger partial charge is 0.167 e. The molecular formula is C43H25N3O. The normalized spacial score (nSPS) is 12.0. The van der Waals surface area contributed by atoms with Gasteiger partial charge in [0.15, 0.2) is 17.5 Å². The number of benzene rings is 8. The molecule has 0 saturated carbocycles. The molecule has 0 amide bonds. The lowest BCUT2D eigenvalue weighted by atomic mass is 9.92. The number of hydrogen-bond acceptors (Lipinski definition) is 4. The Bertz CT molecular complexity index is 2700. The second kappa shape index (κ2) is 10.1. The maximum atomic E-state index is 6.78. The van der Waals surface area contributed by atoms with E-state index in [9.17, 15) is 0 Å². The van der Waals surface area contributed by atoms with Gasteiger partial charge in [-0.2, -0.15) is 0 Å². The van der Waals surface area contributed by atoms with Crippen molar-refractivity contribution in [3.8, 4) is 56.8 Å². The van der Waals surface area contributed by atoms with Crippen molar-refractivity contribution in [3.63, 3.8) is 0 Å². The third kappa shape index (κ3) is 4.12. The molecule has 1 aliphatic heterocycles. The van der Waals surface area contributed by atoms with Gasteiger partial charge in [-0.3, -0.25) is 0 Å². The van der Waals surface area contributed by atoms with E-state index in [0.717, 1.165) is 55.3 Å². The predicted molar refractivity (Wildman–Crippen MR) is 192 cm³/mol. The van der Waals surface area contributed by atoms with Crippen LogP contribution in [0.2, 0.25) is 0 Å². The van der Waals surface area contributed by atoms with Gasteiger partial charge in [-0.15, -0.1) is 0 Å². The fourth-order valence-corrected chi connectivity index (χ4v) is 6.95. The highest BCUT2D eigenvalue weighted by atomic mass is 16.5. The number of hydrogen-bond donors (Lipinski definition) is 0. The van der Waals surface area contributed by atoms with Crippen molar-refractivity contribution in [2.75, 3.05) is 0 Å². The van der Waals surface area contributed by atoms with E-state index in [0.29, 0.717) is 17.5 Å². The summed E-state index contributed by atoms with van der Waals surface area (Å²) >= 11 is 0. The third-order valence-corrected chi connectivity index (χ3v) is 9.27. The number of fused-ring (bicyclic) bond motifs is 1. The van der Waals surface area contributed by atoms with Crippen LogP contribution in [-0.4, -0.2) is 15.0 Å². The fourth-order valence-electron chi connectivity index (χ4n) is 6.95. The van der Waals surface area contributed by atoms with Crippen LogP contribution in [0.4, 0.5) is 0 Å². The third-order valence-electron chi connectivity index (χ3n) is 9.27. The van der Waals surface area contributed by atoms with Crippen LogP contribution in [0.1, 0.15) is 0 Å². The van der Waals surface area contributed by atoms with Gasteiger partial charge in [-0.05, 0) is 56.3 Å². The summed E-state index contributed by atoms with van der Waals surface area (Å²) in [7, 11) is 0. The molecule has 0 bridgehead atoms. The van der Waals surface area contributed by atoms with Crippen molar-refractivity contribution in [2.24, 2.45) is 0 Å². The molecule has 0 N–H and O–H groups in total. The second-order valence-electron chi connectivity index (χ2n) is 12.0. The van der Waals surface area contributed by atoms with E-state index in [4.69, 9.17) is 19.7 Å². The van der Waals surface area contributed by atoms with E-state index in [2.05, 4.69) is 140 Å². The molecule has 47 heavy (non-hydrogen) atoms. The Labute approximate surface area is 270 Å². The Hall–Kier alpha value is -6.39. The van der Waals surface area contributed by atoms with Crippen LogP contribution in [0.3, 0.4) is 0 Å². The summed E-state index contributed by atoms with van der Waals surface area (Å²) < 4.78 is 6.78. The molecule has 0 radical (unpaired) electrons. The lowest BCUT2D eigenvalue weighted by Crippen LogP contribution is -2.03. The molecule has 0 atom stereocenters. The zero-order valence-corrected chi connectivity index (χ0v) is 25.2. The molecule has 4 nitrogen and oxygen atoms in total. The molecule has 0 aliphatic carbocycles. The molecule has 0 unspecified atom stereocenters. The van der Waals surface area contributed by atoms with Crippen LogP contribution >= 0.6 is 0 Å². The van der Waals surface area contributed by atoms with Crippen molar-refractivity contribution in [2.45, 2.75) is 0 Å². The van der Waals surface area contributed by atoms with Gasteiger partial charge in [0.2, 0.25) is 0 Å². The maximum Gasteiger partial charge on any atom is 0.167 e. The lowest BCUT2D eigenvalue weighted by Gasteiger charge is -2.22. The molecule has 2 heterocycles. The largest absolute Gasteiger partial charge is 0.455 e. The van der Waals surface area contributed by atoms with E-state index in [1.165, 1.54) is 27.1 Å². The van der Waals surface area contributed by atoms with Crippen molar-refractivity contribution in [3.05, 3.63) is 152 Å². The second-order valence-corrected chi connectivity index (χ2v) is 12.0. The van der Waals surface area contributed by atoms with E-state index >= 15 is 0 Å². The monoisotopic (exact) mass is 599 g/mol. The number of rotatable bonds is 4. The summed E-state index contributed by atoms with van der Waals surface area (Å²) in [4.78, 5) is 15.3. The Balaban J connectivity index is 1.21. The summed E-state index contributed by atoms with van der Waals surface area (Å²) in [5.41, 5.74) is 5.00. The van der Waals surface area contributed by atoms with Crippen LogP contribution < -0.4 is 4.74 Å². The predicted octanol–water partition coefficient (Wildman–Crippen LogP) is 11.3. The first-order valence-corrected chi connectivity index (χ1v) is 15.8. The van der Waals surface area contributed by atoms with Gasteiger partial charge in [0.25, 0.3) is 0 Å². The topological polar surface area (TPSA) is 47.9 Å². The molecule has 0 saturated heterocycles. The van der Waals surface area contributed by atoms with E-state index in [1.54, 1.807) is 0 Å². The van der Waals surface area contributed by atoms with Crippen molar-refractivity contribution in [1.82, 2.24) is 15.0 Å².